The highest BCUT2D eigenvalue weighted by atomic mass is 32.1. The molecule has 88 valence electrons. The van der Waals surface area contributed by atoms with E-state index < -0.39 is 11.6 Å². The Labute approximate surface area is 101 Å². The van der Waals surface area contributed by atoms with Gasteiger partial charge in [-0.2, -0.15) is 0 Å². The molecule has 0 saturated heterocycles. The Morgan fingerprint density at radius 3 is 2.71 bits per heavy atom. The zero-order valence-electron chi connectivity index (χ0n) is 8.82. The Kier molecular flexibility index (Phi) is 3.58. The number of Topliss-reactive ketones (excluding diaryl/α,β-unsaturated/α-hetero) is 1. The van der Waals surface area contributed by atoms with Crippen molar-refractivity contribution in [3.63, 3.8) is 0 Å². The lowest BCUT2D eigenvalue weighted by Crippen LogP contribution is -2.06. The van der Waals surface area contributed by atoms with Crippen molar-refractivity contribution in [1.82, 2.24) is 4.98 Å². The van der Waals surface area contributed by atoms with E-state index in [4.69, 9.17) is 0 Å². The molecule has 1 heterocycles. The van der Waals surface area contributed by atoms with E-state index in [1.54, 1.807) is 11.7 Å². The maximum absolute atomic E-state index is 12.9. The molecule has 0 aliphatic heterocycles. The van der Waals surface area contributed by atoms with E-state index in [-0.39, 0.29) is 18.6 Å². The fraction of sp³-hybridized carbons (Fsp3) is 0.167. The van der Waals surface area contributed by atoms with Crippen molar-refractivity contribution in [2.75, 3.05) is 0 Å². The van der Waals surface area contributed by atoms with E-state index in [0.717, 1.165) is 17.0 Å². The Morgan fingerprint density at radius 2 is 2.06 bits per heavy atom. The Bertz CT molecular complexity index is 525. The molecule has 17 heavy (non-hydrogen) atoms. The molecule has 0 amide bonds. The second-order valence-corrected chi connectivity index (χ2v) is 4.58. The van der Waals surface area contributed by atoms with E-state index in [2.05, 4.69) is 4.98 Å². The van der Waals surface area contributed by atoms with Crippen LogP contribution in [0.2, 0.25) is 0 Å². The predicted molar refractivity (Wildman–Crippen MR) is 60.9 cm³/mol. The van der Waals surface area contributed by atoms with Gasteiger partial charge in [0.25, 0.3) is 0 Å². The van der Waals surface area contributed by atoms with Crippen LogP contribution in [0.5, 0.6) is 0 Å². The van der Waals surface area contributed by atoms with Gasteiger partial charge < -0.3 is 0 Å². The third-order valence-electron chi connectivity index (χ3n) is 2.24. The summed E-state index contributed by atoms with van der Waals surface area (Å²) in [5.41, 5.74) is 2.14. The van der Waals surface area contributed by atoms with Crippen LogP contribution in [0, 0.1) is 11.6 Å². The summed E-state index contributed by atoms with van der Waals surface area (Å²) in [7, 11) is 0. The predicted octanol–water partition coefficient (Wildman–Crippen LogP) is 2.78. The third kappa shape index (κ3) is 3.17. The molecule has 2 nitrogen and oxygen atoms in total. The standard InChI is InChI=1S/C12H9F2NOS/c13-11-2-1-8(4-12(11)14)3-9(16)5-10-6-15-7-17-10/h1-2,4,6-7H,3,5H2. The lowest BCUT2D eigenvalue weighted by atomic mass is 10.1. The van der Waals surface area contributed by atoms with Crippen molar-refractivity contribution in [3.05, 3.63) is 52.0 Å². The lowest BCUT2D eigenvalue weighted by molar-refractivity contribution is -0.117. The smallest absolute Gasteiger partial charge is 0.159 e. The highest BCUT2D eigenvalue weighted by Crippen LogP contribution is 2.12. The van der Waals surface area contributed by atoms with E-state index in [9.17, 15) is 13.6 Å². The molecule has 0 bridgehead atoms. The molecule has 2 aromatic rings. The van der Waals surface area contributed by atoms with Crippen molar-refractivity contribution in [2.45, 2.75) is 12.8 Å². The third-order valence-corrected chi connectivity index (χ3v) is 3.02. The van der Waals surface area contributed by atoms with Crippen LogP contribution in [0.1, 0.15) is 10.4 Å². The van der Waals surface area contributed by atoms with E-state index in [1.165, 1.54) is 17.4 Å². The fourth-order valence-electron chi connectivity index (χ4n) is 1.46. The summed E-state index contributed by atoms with van der Waals surface area (Å²) in [5, 5.41) is 0. The molecule has 0 spiro atoms. The summed E-state index contributed by atoms with van der Waals surface area (Å²) in [6.07, 6.45) is 2.02. The van der Waals surface area contributed by atoms with Gasteiger partial charge in [0.1, 0.15) is 5.78 Å². The average Bonchev–Trinajstić information content (AvgIpc) is 2.76. The number of ketones is 1. The van der Waals surface area contributed by atoms with Crippen molar-refractivity contribution in [3.8, 4) is 0 Å². The molecule has 5 heteroatoms. The first-order valence-electron chi connectivity index (χ1n) is 4.98. The minimum atomic E-state index is -0.923. The normalized spacial score (nSPS) is 10.5. The second-order valence-electron chi connectivity index (χ2n) is 3.61. The molecule has 1 aromatic heterocycles. The van der Waals surface area contributed by atoms with Gasteiger partial charge >= 0.3 is 0 Å². The van der Waals surface area contributed by atoms with Gasteiger partial charge in [0.2, 0.25) is 0 Å². The first kappa shape index (κ1) is 11.9. The van der Waals surface area contributed by atoms with Crippen LogP contribution >= 0.6 is 11.3 Å². The average molecular weight is 253 g/mol. The molecule has 0 fully saturated rings. The summed E-state index contributed by atoms with van der Waals surface area (Å²) >= 11 is 1.40. The number of hydrogen-bond donors (Lipinski definition) is 0. The van der Waals surface area contributed by atoms with Gasteiger partial charge in [0.15, 0.2) is 11.6 Å². The maximum Gasteiger partial charge on any atom is 0.159 e. The zero-order valence-corrected chi connectivity index (χ0v) is 9.64. The minimum Gasteiger partial charge on any atom is -0.299 e. The summed E-state index contributed by atoms with van der Waals surface area (Å²) in [6, 6.07) is 3.51. The molecule has 0 aliphatic rings. The molecule has 0 aliphatic carbocycles. The number of rotatable bonds is 4. The van der Waals surface area contributed by atoms with Crippen molar-refractivity contribution in [2.24, 2.45) is 0 Å². The molecule has 2 rings (SSSR count). The number of halogens is 2. The van der Waals surface area contributed by atoms with Crippen LogP contribution in [0.15, 0.2) is 29.9 Å². The Balaban J connectivity index is 2.00. The molecule has 0 atom stereocenters. The number of carbonyl (C=O) groups is 1. The zero-order chi connectivity index (χ0) is 12.3. The monoisotopic (exact) mass is 253 g/mol. The van der Waals surface area contributed by atoms with E-state index in [1.807, 2.05) is 0 Å². The summed E-state index contributed by atoms with van der Waals surface area (Å²) < 4.78 is 25.6. The molecule has 0 radical (unpaired) electrons. The number of thiazole rings is 1. The lowest BCUT2D eigenvalue weighted by Gasteiger charge is -2.00. The van der Waals surface area contributed by atoms with Crippen molar-refractivity contribution in [1.29, 1.82) is 0 Å². The first-order chi connectivity index (χ1) is 8.15. The van der Waals surface area contributed by atoms with Gasteiger partial charge in [0.05, 0.1) is 5.51 Å². The summed E-state index contributed by atoms with van der Waals surface area (Å²) in [6.45, 7) is 0. The Hall–Kier alpha value is -1.62. The number of aromatic nitrogens is 1. The van der Waals surface area contributed by atoms with E-state index >= 15 is 0 Å². The maximum atomic E-state index is 12.9. The van der Waals surface area contributed by atoms with Crippen LogP contribution < -0.4 is 0 Å². The van der Waals surface area contributed by atoms with Gasteiger partial charge in [-0.1, -0.05) is 6.07 Å². The topological polar surface area (TPSA) is 30.0 Å². The molecular formula is C12H9F2NOS. The van der Waals surface area contributed by atoms with Crippen LogP contribution in [0.4, 0.5) is 8.78 Å². The number of carbonyl (C=O) groups excluding carboxylic acids is 1. The number of hydrogen-bond acceptors (Lipinski definition) is 3. The number of nitrogens with zero attached hydrogens (tertiary/aromatic N) is 1. The molecule has 0 saturated carbocycles. The van der Waals surface area contributed by atoms with Crippen LogP contribution in [-0.4, -0.2) is 10.8 Å². The highest BCUT2D eigenvalue weighted by molar-refractivity contribution is 7.09. The number of benzene rings is 1. The van der Waals surface area contributed by atoms with Gasteiger partial charge in [-0.25, -0.2) is 8.78 Å². The van der Waals surface area contributed by atoms with Gasteiger partial charge in [-0.05, 0) is 17.7 Å². The van der Waals surface area contributed by atoms with Crippen LogP contribution in [0.25, 0.3) is 0 Å². The summed E-state index contributed by atoms with van der Waals surface area (Å²) in [5.74, 6) is -1.86. The fourth-order valence-corrected chi connectivity index (χ4v) is 2.09. The van der Waals surface area contributed by atoms with Crippen LogP contribution in [0.3, 0.4) is 0 Å². The highest BCUT2D eigenvalue weighted by Gasteiger charge is 2.08. The SMILES string of the molecule is O=C(Cc1ccc(F)c(F)c1)Cc1cncs1. The first-order valence-corrected chi connectivity index (χ1v) is 5.86. The van der Waals surface area contributed by atoms with Gasteiger partial charge in [0, 0.05) is 23.9 Å². The largest absolute Gasteiger partial charge is 0.299 e. The molecule has 0 unspecified atom stereocenters. The second kappa shape index (κ2) is 5.14. The minimum absolute atomic E-state index is 0.0414. The molecule has 1 aromatic carbocycles. The van der Waals surface area contributed by atoms with Crippen molar-refractivity contribution >= 4 is 17.1 Å². The Morgan fingerprint density at radius 1 is 1.24 bits per heavy atom. The van der Waals surface area contributed by atoms with Gasteiger partial charge in [-0.3, -0.25) is 9.78 Å². The van der Waals surface area contributed by atoms with E-state index in [0.29, 0.717) is 5.56 Å². The quantitative estimate of drug-likeness (QED) is 0.838. The molecular weight excluding hydrogens is 244 g/mol. The van der Waals surface area contributed by atoms with Crippen molar-refractivity contribution < 1.29 is 13.6 Å². The van der Waals surface area contributed by atoms with Gasteiger partial charge in [-0.15, -0.1) is 11.3 Å². The van der Waals surface area contributed by atoms with Crippen LogP contribution in [-0.2, 0) is 17.6 Å². The summed E-state index contributed by atoms with van der Waals surface area (Å²) in [4.78, 5) is 16.4. The molecule has 0 N–H and O–H groups in total.